The summed E-state index contributed by atoms with van der Waals surface area (Å²) in [5, 5.41) is 11.8. The number of carbonyl (C=O) groups excluding carboxylic acids is 2. The van der Waals surface area contributed by atoms with E-state index < -0.39 is 12.0 Å². The Labute approximate surface area is 140 Å². The molecule has 7 nitrogen and oxygen atoms in total. The average molecular weight is 340 g/mol. The van der Waals surface area contributed by atoms with E-state index in [1.165, 1.54) is 18.9 Å². The topological polar surface area (TPSA) is 86.1 Å². The van der Waals surface area contributed by atoms with E-state index in [1.807, 2.05) is 20.8 Å². The molecule has 0 bridgehead atoms. The zero-order chi connectivity index (χ0) is 17.0. The molecule has 1 aliphatic carbocycles. The summed E-state index contributed by atoms with van der Waals surface area (Å²) in [6.07, 6.45) is 3.05. The van der Waals surface area contributed by atoms with Crippen LogP contribution in [0, 0.1) is 12.8 Å². The van der Waals surface area contributed by atoms with Crippen LogP contribution in [0.15, 0.2) is 5.16 Å². The van der Waals surface area contributed by atoms with Gasteiger partial charge in [-0.15, -0.1) is 10.2 Å². The van der Waals surface area contributed by atoms with Crippen LogP contribution in [0.4, 0.5) is 0 Å². The minimum Gasteiger partial charge on any atom is -0.467 e. The van der Waals surface area contributed by atoms with Crippen LogP contribution in [0.5, 0.6) is 0 Å². The number of amides is 1. The zero-order valence-corrected chi connectivity index (χ0v) is 14.9. The molecule has 0 aliphatic heterocycles. The maximum absolute atomic E-state index is 12.2. The smallest absolute Gasteiger partial charge is 0.328 e. The van der Waals surface area contributed by atoms with Gasteiger partial charge < -0.3 is 14.6 Å². The maximum Gasteiger partial charge on any atom is 0.328 e. The number of hydrogen-bond acceptors (Lipinski definition) is 6. The lowest BCUT2D eigenvalue weighted by Gasteiger charge is -2.21. The zero-order valence-electron chi connectivity index (χ0n) is 14.0. The first-order valence-electron chi connectivity index (χ1n) is 7.89. The van der Waals surface area contributed by atoms with Crippen LogP contribution < -0.4 is 5.32 Å². The fourth-order valence-corrected chi connectivity index (χ4v) is 3.21. The summed E-state index contributed by atoms with van der Waals surface area (Å²) in [5.74, 6) is 0.494. The van der Waals surface area contributed by atoms with Gasteiger partial charge in [0.1, 0.15) is 11.9 Å². The van der Waals surface area contributed by atoms with Crippen LogP contribution in [0.2, 0.25) is 0 Å². The van der Waals surface area contributed by atoms with Gasteiger partial charge in [0.15, 0.2) is 5.16 Å². The molecule has 0 unspecified atom stereocenters. The van der Waals surface area contributed by atoms with Crippen LogP contribution in [-0.2, 0) is 14.3 Å². The number of thioether (sulfide) groups is 1. The van der Waals surface area contributed by atoms with Crippen molar-refractivity contribution in [3.05, 3.63) is 5.82 Å². The predicted molar refractivity (Wildman–Crippen MR) is 87.2 cm³/mol. The largest absolute Gasteiger partial charge is 0.467 e. The van der Waals surface area contributed by atoms with Gasteiger partial charge in [-0.1, -0.05) is 32.0 Å². The van der Waals surface area contributed by atoms with Gasteiger partial charge >= 0.3 is 5.97 Å². The molecule has 23 heavy (non-hydrogen) atoms. The van der Waals surface area contributed by atoms with Crippen molar-refractivity contribution in [2.45, 2.75) is 57.3 Å². The molecule has 1 N–H and O–H groups in total. The molecule has 8 heteroatoms. The van der Waals surface area contributed by atoms with Gasteiger partial charge in [0, 0.05) is 6.04 Å². The van der Waals surface area contributed by atoms with Crippen molar-refractivity contribution in [2.24, 2.45) is 5.92 Å². The molecule has 0 saturated heterocycles. The standard InChI is InChI=1S/C15H24N4O3S/c1-5-9(2)13(14(21)22-4)16-12(20)8-23-15-18-17-10(3)19(15)11-6-7-11/h9,11,13H,5-8H2,1-4H3,(H,16,20)/t9-,13-/m0/s1. The van der Waals surface area contributed by atoms with Crippen molar-refractivity contribution in [1.82, 2.24) is 20.1 Å². The number of carbonyl (C=O) groups is 2. The number of hydrogen-bond donors (Lipinski definition) is 1. The Balaban J connectivity index is 1.92. The highest BCUT2D eigenvalue weighted by atomic mass is 32.2. The minimum atomic E-state index is -0.610. The van der Waals surface area contributed by atoms with Gasteiger partial charge in [0.25, 0.3) is 0 Å². The second-order valence-electron chi connectivity index (χ2n) is 5.87. The Morgan fingerprint density at radius 3 is 2.70 bits per heavy atom. The number of rotatable bonds is 8. The second kappa shape index (κ2) is 7.81. The average Bonchev–Trinajstić information content (AvgIpc) is 3.32. The molecule has 0 spiro atoms. The van der Waals surface area contributed by atoms with Crippen molar-refractivity contribution in [2.75, 3.05) is 12.9 Å². The van der Waals surface area contributed by atoms with E-state index in [0.29, 0.717) is 6.04 Å². The molecule has 1 heterocycles. The van der Waals surface area contributed by atoms with Crippen LogP contribution in [0.3, 0.4) is 0 Å². The molecule has 1 aliphatic rings. The summed E-state index contributed by atoms with van der Waals surface area (Å²) in [4.78, 5) is 24.0. The summed E-state index contributed by atoms with van der Waals surface area (Å²) in [7, 11) is 1.33. The SMILES string of the molecule is CC[C@H](C)[C@H](NC(=O)CSc1nnc(C)n1C1CC1)C(=O)OC. The van der Waals surface area contributed by atoms with Crippen molar-refractivity contribution in [3.63, 3.8) is 0 Å². The lowest BCUT2D eigenvalue weighted by Crippen LogP contribution is -2.46. The number of nitrogens with one attached hydrogen (secondary N) is 1. The van der Waals surface area contributed by atoms with E-state index in [4.69, 9.17) is 4.74 Å². The first-order valence-corrected chi connectivity index (χ1v) is 8.88. The first-order chi connectivity index (χ1) is 11.0. The lowest BCUT2D eigenvalue weighted by molar-refractivity contribution is -0.146. The molecule has 1 aromatic heterocycles. The Morgan fingerprint density at radius 1 is 1.43 bits per heavy atom. The number of esters is 1. The van der Waals surface area contributed by atoms with Gasteiger partial charge in [-0.05, 0) is 25.7 Å². The van der Waals surface area contributed by atoms with Crippen LogP contribution in [0.25, 0.3) is 0 Å². The molecule has 0 aromatic carbocycles. The highest BCUT2D eigenvalue weighted by Crippen LogP contribution is 2.38. The number of aromatic nitrogens is 3. The molecule has 128 valence electrons. The molecule has 2 rings (SSSR count). The van der Waals surface area contributed by atoms with E-state index in [1.54, 1.807) is 0 Å². The lowest BCUT2D eigenvalue weighted by atomic mass is 9.99. The monoisotopic (exact) mass is 340 g/mol. The van der Waals surface area contributed by atoms with E-state index in [0.717, 1.165) is 30.2 Å². The van der Waals surface area contributed by atoms with E-state index in [9.17, 15) is 9.59 Å². The molecule has 1 fully saturated rings. The van der Waals surface area contributed by atoms with Gasteiger partial charge in [-0.2, -0.15) is 0 Å². The fourth-order valence-electron chi connectivity index (χ4n) is 2.34. The third kappa shape index (κ3) is 4.46. The summed E-state index contributed by atoms with van der Waals surface area (Å²) < 4.78 is 6.86. The molecule has 1 saturated carbocycles. The molecule has 1 amide bonds. The predicted octanol–water partition coefficient (Wildman–Crippen LogP) is 1.72. The highest BCUT2D eigenvalue weighted by molar-refractivity contribution is 7.99. The quantitative estimate of drug-likeness (QED) is 0.573. The summed E-state index contributed by atoms with van der Waals surface area (Å²) in [5.41, 5.74) is 0. The van der Waals surface area contributed by atoms with Crippen molar-refractivity contribution < 1.29 is 14.3 Å². The Hall–Kier alpha value is -1.57. The molecule has 2 atom stereocenters. The van der Waals surface area contributed by atoms with Crippen LogP contribution in [-0.4, -0.2) is 45.5 Å². The third-order valence-corrected chi connectivity index (χ3v) is 5.01. The second-order valence-corrected chi connectivity index (χ2v) is 6.82. The Morgan fingerprint density at radius 2 is 2.13 bits per heavy atom. The summed E-state index contributed by atoms with van der Waals surface area (Å²) in [6.45, 7) is 5.82. The molecule has 1 aromatic rings. The van der Waals surface area contributed by atoms with E-state index in [2.05, 4.69) is 20.1 Å². The molecular formula is C15H24N4O3S. The fraction of sp³-hybridized carbons (Fsp3) is 0.733. The number of aryl methyl sites for hydroxylation is 1. The number of nitrogens with zero attached hydrogens (tertiary/aromatic N) is 3. The van der Waals surface area contributed by atoms with Crippen molar-refractivity contribution in [1.29, 1.82) is 0 Å². The van der Waals surface area contributed by atoms with Gasteiger partial charge in [-0.25, -0.2) is 4.79 Å². The number of ether oxygens (including phenoxy) is 1. The number of methoxy groups -OCH3 is 1. The maximum atomic E-state index is 12.2. The minimum absolute atomic E-state index is 0.0220. The summed E-state index contributed by atoms with van der Waals surface area (Å²) in [6, 6.07) is -0.139. The van der Waals surface area contributed by atoms with Gasteiger partial charge in [0.05, 0.1) is 12.9 Å². The normalized spacial score (nSPS) is 16.7. The van der Waals surface area contributed by atoms with Crippen LogP contribution >= 0.6 is 11.8 Å². The van der Waals surface area contributed by atoms with Crippen molar-refractivity contribution in [3.8, 4) is 0 Å². The van der Waals surface area contributed by atoms with Gasteiger partial charge in [0.2, 0.25) is 5.91 Å². The van der Waals surface area contributed by atoms with Crippen molar-refractivity contribution >= 4 is 23.6 Å². The van der Waals surface area contributed by atoms with Gasteiger partial charge in [-0.3, -0.25) is 4.79 Å². The Bertz CT molecular complexity index is 571. The third-order valence-electron chi connectivity index (χ3n) is 4.06. The molecule has 0 radical (unpaired) electrons. The first kappa shape index (κ1) is 17.8. The van der Waals surface area contributed by atoms with E-state index >= 15 is 0 Å². The van der Waals surface area contributed by atoms with E-state index in [-0.39, 0.29) is 17.6 Å². The van der Waals surface area contributed by atoms with Crippen LogP contribution in [0.1, 0.15) is 45.0 Å². The molecular weight excluding hydrogens is 316 g/mol. The Kier molecular flexibility index (Phi) is 6.04. The summed E-state index contributed by atoms with van der Waals surface area (Å²) >= 11 is 1.35. The highest BCUT2D eigenvalue weighted by Gasteiger charge is 2.29.